The van der Waals surface area contributed by atoms with Gasteiger partial charge < -0.3 is 14.6 Å². The number of benzene rings is 1. The maximum absolute atomic E-state index is 12.7. The molecule has 1 aromatic carbocycles. The summed E-state index contributed by atoms with van der Waals surface area (Å²) in [5, 5.41) is 1.95. The quantitative estimate of drug-likeness (QED) is 0.820. The third kappa shape index (κ3) is 3.34. The fourth-order valence-electron chi connectivity index (χ4n) is 3.23. The average Bonchev–Trinajstić information content (AvgIpc) is 3.02. The molecule has 2 aliphatic heterocycles. The van der Waals surface area contributed by atoms with Crippen LogP contribution in [0.25, 0.3) is 0 Å². The van der Waals surface area contributed by atoms with Gasteiger partial charge in [0.2, 0.25) is 0 Å². The fourth-order valence-corrected chi connectivity index (χ4v) is 3.23. The summed E-state index contributed by atoms with van der Waals surface area (Å²) in [6.45, 7) is 2.99. The number of hydrazine groups is 1. The molecule has 5 heteroatoms. The molecule has 2 heterocycles. The van der Waals surface area contributed by atoms with E-state index in [2.05, 4.69) is 18.4 Å². The van der Waals surface area contributed by atoms with E-state index in [0.29, 0.717) is 0 Å². The van der Waals surface area contributed by atoms with Crippen molar-refractivity contribution in [3.8, 4) is 5.75 Å². The van der Waals surface area contributed by atoms with Crippen LogP contribution in [0.5, 0.6) is 5.75 Å². The van der Waals surface area contributed by atoms with Gasteiger partial charge in [-0.05, 0) is 30.5 Å². The number of carbonyl (C=O) groups excluding carboxylic acids is 1. The first kappa shape index (κ1) is 15.9. The summed E-state index contributed by atoms with van der Waals surface area (Å²) in [7, 11) is 1.67. The van der Waals surface area contributed by atoms with E-state index in [4.69, 9.17) is 4.74 Å². The number of nitrogens with one attached hydrogen (secondary N) is 1. The minimum Gasteiger partial charge on any atom is -0.497 e. The lowest BCUT2D eigenvalue weighted by atomic mass is 10.0. The molecule has 23 heavy (non-hydrogen) atoms. The molecule has 124 valence electrons. The smallest absolute Gasteiger partial charge is 0.250 e. The van der Waals surface area contributed by atoms with Crippen molar-refractivity contribution in [2.45, 2.75) is 44.7 Å². The number of nitrogens with zero attached hydrogens (tertiary/aromatic N) is 2. The second-order valence-electron chi connectivity index (χ2n) is 6.15. The Morgan fingerprint density at radius 1 is 1.30 bits per heavy atom. The van der Waals surface area contributed by atoms with Crippen molar-refractivity contribution in [1.82, 2.24) is 15.3 Å². The molecule has 0 bridgehead atoms. The summed E-state index contributed by atoms with van der Waals surface area (Å²) in [6.07, 6.45) is 8.05. The largest absolute Gasteiger partial charge is 0.497 e. The van der Waals surface area contributed by atoms with Gasteiger partial charge in [-0.2, -0.15) is 0 Å². The molecule has 0 saturated carbocycles. The Balaban J connectivity index is 1.67. The van der Waals surface area contributed by atoms with Gasteiger partial charge in [0.25, 0.3) is 5.91 Å². The summed E-state index contributed by atoms with van der Waals surface area (Å²) in [6, 6.07) is 8.06. The molecule has 1 fully saturated rings. The van der Waals surface area contributed by atoms with E-state index >= 15 is 0 Å². The second kappa shape index (κ2) is 7.04. The van der Waals surface area contributed by atoms with Crippen LogP contribution in [-0.2, 0) is 4.79 Å². The molecule has 5 nitrogen and oxygen atoms in total. The van der Waals surface area contributed by atoms with Gasteiger partial charge in [0, 0.05) is 18.9 Å². The predicted molar refractivity (Wildman–Crippen MR) is 89.5 cm³/mol. The normalized spacial score (nSPS) is 23.3. The Morgan fingerprint density at radius 3 is 2.96 bits per heavy atom. The van der Waals surface area contributed by atoms with Crippen molar-refractivity contribution in [1.29, 1.82) is 0 Å². The van der Waals surface area contributed by atoms with Crippen LogP contribution in [0, 0.1) is 0 Å². The van der Waals surface area contributed by atoms with Crippen LogP contribution in [-0.4, -0.2) is 35.5 Å². The highest BCUT2D eigenvalue weighted by atomic mass is 16.5. The Bertz CT molecular complexity index is 587. The molecular formula is C18H25N3O2. The molecule has 1 saturated heterocycles. The van der Waals surface area contributed by atoms with Gasteiger partial charge in [-0.15, -0.1) is 0 Å². The van der Waals surface area contributed by atoms with Crippen molar-refractivity contribution < 1.29 is 9.53 Å². The topological polar surface area (TPSA) is 44.8 Å². The molecule has 1 amide bonds. The third-order valence-electron chi connectivity index (χ3n) is 4.57. The summed E-state index contributed by atoms with van der Waals surface area (Å²) >= 11 is 0. The minimum atomic E-state index is -0.113. The first-order chi connectivity index (χ1) is 11.2. The lowest BCUT2D eigenvalue weighted by Gasteiger charge is -2.31. The van der Waals surface area contributed by atoms with E-state index in [0.717, 1.165) is 37.1 Å². The summed E-state index contributed by atoms with van der Waals surface area (Å²) < 4.78 is 5.30. The second-order valence-corrected chi connectivity index (χ2v) is 6.15. The molecule has 3 rings (SSSR count). The molecule has 2 unspecified atom stereocenters. The van der Waals surface area contributed by atoms with Gasteiger partial charge in [-0.1, -0.05) is 31.9 Å². The van der Waals surface area contributed by atoms with E-state index in [1.54, 1.807) is 7.11 Å². The van der Waals surface area contributed by atoms with Crippen LogP contribution < -0.4 is 10.2 Å². The van der Waals surface area contributed by atoms with Crippen LogP contribution in [0.4, 0.5) is 0 Å². The van der Waals surface area contributed by atoms with E-state index < -0.39 is 0 Å². The average molecular weight is 315 g/mol. The highest BCUT2D eigenvalue weighted by Crippen LogP contribution is 2.32. The molecule has 1 N–H and O–H groups in total. The van der Waals surface area contributed by atoms with Crippen LogP contribution >= 0.6 is 0 Å². The van der Waals surface area contributed by atoms with Crippen LogP contribution in [0.2, 0.25) is 0 Å². The summed E-state index contributed by atoms with van der Waals surface area (Å²) in [5.41, 5.74) is 4.57. The molecule has 0 radical (unpaired) electrons. The highest BCUT2D eigenvalue weighted by molar-refractivity contribution is 5.84. The van der Waals surface area contributed by atoms with Crippen molar-refractivity contribution >= 4 is 5.91 Å². The van der Waals surface area contributed by atoms with Crippen molar-refractivity contribution in [2.24, 2.45) is 0 Å². The van der Waals surface area contributed by atoms with E-state index in [9.17, 15) is 4.79 Å². The number of hydrogen-bond donors (Lipinski definition) is 1. The first-order valence-corrected chi connectivity index (χ1v) is 8.40. The number of methoxy groups -OCH3 is 1. The SMILES string of the molecule is CCCCCN1C=CN2NC(c3cccc(OC)c3)CC2C1=O. The van der Waals surface area contributed by atoms with Gasteiger partial charge >= 0.3 is 0 Å². The third-order valence-corrected chi connectivity index (χ3v) is 4.57. The van der Waals surface area contributed by atoms with Gasteiger partial charge in [-0.25, -0.2) is 5.43 Å². The number of amides is 1. The lowest BCUT2D eigenvalue weighted by molar-refractivity contribution is -0.134. The molecule has 2 aliphatic rings. The standard InChI is InChI=1S/C18H25N3O2/c1-3-4-5-9-20-10-11-21-17(18(20)22)13-16(19-21)14-7-6-8-15(12-14)23-2/h6-8,10-12,16-17,19H,3-5,9,13H2,1-2H3. The predicted octanol–water partition coefficient (Wildman–Crippen LogP) is 2.82. The number of unbranched alkanes of at least 4 members (excludes halogenated alkanes) is 2. The Kier molecular flexibility index (Phi) is 4.86. The molecule has 2 atom stereocenters. The van der Waals surface area contributed by atoms with Crippen molar-refractivity contribution in [3.05, 3.63) is 42.2 Å². The van der Waals surface area contributed by atoms with Crippen LogP contribution in [0.15, 0.2) is 36.7 Å². The van der Waals surface area contributed by atoms with Crippen LogP contribution in [0.3, 0.4) is 0 Å². The van der Waals surface area contributed by atoms with Gasteiger partial charge in [0.05, 0.1) is 13.2 Å². The Hall–Kier alpha value is -2.01. The van der Waals surface area contributed by atoms with Gasteiger partial charge in [-0.3, -0.25) is 4.79 Å². The van der Waals surface area contributed by atoms with Gasteiger partial charge in [0.15, 0.2) is 0 Å². The molecule has 1 aromatic rings. The summed E-state index contributed by atoms with van der Waals surface area (Å²) in [4.78, 5) is 14.5. The monoisotopic (exact) mass is 315 g/mol. The highest BCUT2D eigenvalue weighted by Gasteiger charge is 2.39. The van der Waals surface area contributed by atoms with Gasteiger partial charge in [0.1, 0.15) is 11.8 Å². The van der Waals surface area contributed by atoms with E-state index in [1.807, 2.05) is 40.5 Å². The fraction of sp³-hybridized carbons (Fsp3) is 0.500. The lowest BCUT2D eigenvalue weighted by Crippen LogP contribution is -2.48. The molecule has 0 spiro atoms. The Labute approximate surface area is 137 Å². The number of hydrogen-bond acceptors (Lipinski definition) is 4. The zero-order valence-electron chi connectivity index (χ0n) is 13.9. The number of carbonyl (C=O) groups is 1. The molecule has 0 aromatic heterocycles. The van der Waals surface area contributed by atoms with E-state index in [1.165, 1.54) is 6.42 Å². The van der Waals surface area contributed by atoms with E-state index in [-0.39, 0.29) is 18.0 Å². The zero-order valence-corrected chi connectivity index (χ0v) is 13.9. The van der Waals surface area contributed by atoms with Crippen molar-refractivity contribution in [3.63, 3.8) is 0 Å². The maximum Gasteiger partial charge on any atom is 0.250 e. The Morgan fingerprint density at radius 2 is 2.17 bits per heavy atom. The number of rotatable bonds is 6. The van der Waals surface area contributed by atoms with Crippen molar-refractivity contribution in [2.75, 3.05) is 13.7 Å². The number of ether oxygens (including phenoxy) is 1. The first-order valence-electron chi connectivity index (χ1n) is 8.40. The molecular weight excluding hydrogens is 290 g/mol. The van der Waals surface area contributed by atoms with Crippen LogP contribution in [0.1, 0.15) is 44.2 Å². The zero-order chi connectivity index (χ0) is 16.2. The maximum atomic E-state index is 12.7. The molecule has 0 aliphatic carbocycles. The summed E-state index contributed by atoms with van der Waals surface area (Å²) in [5.74, 6) is 1.04. The number of fused-ring (bicyclic) bond motifs is 1. The minimum absolute atomic E-state index is 0.113.